The molecule has 5 nitrogen and oxygen atoms in total. The molecule has 4 atom stereocenters. The molecule has 2 aromatic carbocycles. The molecule has 0 radical (unpaired) electrons. The second-order valence-electron chi connectivity index (χ2n) is 9.37. The first kappa shape index (κ1) is 21.2. The van der Waals surface area contributed by atoms with E-state index >= 15 is 0 Å². The molecule has 0 saturated heterocycles. The Labute approximate surface area is 179 Å². The number of ketones is 1. The van der Waals surface area contributed by atoms with Crippen LogP contribution in [0, 0.1) is 16.7 Å². The van der Waals surface area contributed by atoms with Crippen molar-refractivity contribution in [1.29, 1.82) is 0 Å². The van der Waals surface area contributed by atoms with Crippen LogP contribution in [-0.2, 0) is 14.8 Å². The molecule has 2 aromatic rings. The number of benzene rings is 2. The Balaban J connectivity index is 1.65. The van der Waals surface area contributed by atoms with E-state index in [2.05, 4.69) is 18.6 Å². The maximum atomic E-state index is 13.4. The zero-order valence-electron chi connectivity index (χ0n) is 17.5. The van der Waals surface area contributed by atoms with Crippen molar-refractivity contribution in [2.75, 3.05) is 5.75 Å². The van der Waals surface area contributed by atoms with Gasteiger partial charge in [-0.1, -0.05) is 74.5 Å². The number of rotatable bonds is 7. The predicted molar refractivity (Wildman–Crippen MR) is 118 cm³/mol. The van der Waals surface area contributed by atoms with Crippen LogP contribution in [0.2, 0.25) is 0 Å². The molecule has 3 N–H and O–H groups in total. The lowest BCUT2D eigenvalue weighted by molar-refractivity contribution is -0.128. The number of nitrogens with two attached hydrogens (primary N) is 1. The van der Waals surface area contributed by atoms with E-state index in [1.807, 2.05) is 60.7 Å². The third-order valence-corrected chi connectivity index (χ3v) is 9.07. The molecule has 2 aliphatic rings. The van der Waals surface area contributed by atoms with Crippen molar-refractivity contribution >= 4 is 15.8 Å². The van der Waals surface area contributed by atoms with E-state index in [9.17, 15) is 13.2 Å². The maximum Gasteiger partial charge on any atom is 0.213 e. The Morgan fingerprint density at radius 3 is 2.10 bits per heavy atom. The van der Waals surface area contributed by atoms with Gasteiger partial charge < -0.3 is 5.73 Å². The van der Waals surface area contributed by atoms with Crippen LogP contribution in [0.15, 0.2) is 60.7 Å². The molecule has 0 aromatic heterocycles. The van der Waals surface area contributed by atoms with Crippen LogP contribution in [-0.4, -0.2) is 20.0 Å². The van der Waals surface area contributed by atoms with Crippen molar-refractivity contribution in [1.82, 2.24) is 4.72 Å². The van der Waals surface area contributed by atoms with Crippen LogP contribution in [0.1, 0.15) is 56.3 Å². The molecule has 0 aliphatic heterocycles. The van der Waals surface area contributed by atoms with Crippen molar-refractivity contribution in [2.24, 2.45) is 22.5 Å². The summed E-state index contributed by atoms with van der Waals surface area (Å²) in [5.74, 6) is 0.196. The van der Waals surface area contributed by atoms with Crippen molar-refractivity contribution in [2.45, 2.75) is 45.2 Å². The van der Waals surface area contributed by atoms with Gasteiger partial charge in [-0.2, -0.15) is 0 Å². The lowest BCUT2D eigenvalue weighted by atomic mass is 9.70. The molecule has 3 unspecified atom stereocenters. The van der Waals surface area contributed by atoms with Crippen molar-refractivity contribution < 1.29 is 13.2 Å². The SMILES string of the molecule is CC1(C)C2CC[C@@]1(CS(=O)(=O)NC(c1ccccc1)C(N)c1ccccc1)C(=O)C2. The highest BCUT2D eigenvalue weighted by Crippen LogP contribution is 2.64. The van der Waals surface area contributed by atoms with Gasteiger partial charge >= 0.3 is 0 Å². The second-order valence-corrected chi connectivity index (χ2v) is 11.1. The van der Waals surface area contributed by atoms with Crippen molar-refractivity contribution in [3.63, 3.8) is 0 Å². The van der Waals surface area contributed by atoms with E-state index in [4.69, 9.17) is 5.73 Å². The summed E-state index contributed by atoms with van der Waals surface area (Å²) in [5, 5.41) is 0. The second kappa shape index (κ2) is 7.59. The van der Waals surface area contributed by atoms with Crippen LogP contribution >= 0.6 is 0 Å². The fourth-order valence-corrected chi connectivity index (χ4v) is 7.62. The lowest BCUT2D eigenvalue weighted by Gasteiger charge is -2.37. The Kier molecular flexibility index (Phi) is 5.37. The normalized spacial score (nSPS) is 27.2. The molecular formula is C24H30N2O3S. The zero-order chi connectivity index (χ0) is 21.6. The van der Waals surface area contributed by atoms with Gasteiger partial charge in [-0.15, -0.1) is 0 Å². The average Bonchev–Trinajstić information content (AvgIpc) is 3.07. The quantitative estimate of drug-likeness (QED) is 0.706. The number of carbonyl (C=O) groups excluding carboxylic acids is 1. The van der Waals surface area contributed by atoms with Crippen LogP contribution < -0.4 is 10.5 Å². The van der Waals surface area contributed by atoms with Gasteiger partial charge in [0.05, 0.1) is 17.8 Å². The van der Waals surface area contributed by atoms with Crippen LogP contribution in [0.25, 0.3) is 0 Å². The van der Waals surface area contributed by atoms with Gasteiger partial charge in [-0.05, 0) is 35.3 Å². The highest BCUT2D eigenvalue weighted by atomic mass is 32.2. The largest absolute Gasteiger partial charge is 0.322 e. The number of carbonyl (C=O) groups is 1. The number of fused-ring (bicyclic) bond motifs is 2. The molecule has 0 spiro atoms. The first-order valence-corrected chi connectivity index (χ1v) is 12.2. The minimum Gasteiger partial charge on any atom is -0.322 e. The van der Waals surface area contributed by atoms with E-state index in [1.54, 1.807) is 0 Å². The number of hydrogen-bond donors (Lipinski definition) is 2. The fourth-order valence-electron chi connectivity index (χ4n) is 5.54. The molecule has 0 amide bonds. The van der Waals surface area contributed by atoms with Crippen LogP contribution in [0.5, 0.6) is 0 Å². The summed E-state index contributed by atoms with van der Waals surface area (Å²) in [7, 11) is -3.76. The number of Topliss-reactive ketones (excluding diaryl/α,β-unsaturated/α-hetero) is 1. The molecule has 2 saturated carbocycles. The third kappa shape index (κ3) is 3.51. The summed E-state index contributed by atoms with van der Waals surface area (Å²) in [5.41, 5.74) is 7.09. The highest BCUT2D eigenvalue weighted by molar-refractivity contribution is 7.89. The zero-order valence-corrected chi connectivity index (χ0v) is 18.4. The monoisotopic (exact) mass is 426 g/mol. The summed E-state index contributed by atoms with van der Waals surface area (Å²) < 4.78 is 29.7. The van der Waals surface area contributed by atoms with Gasteiger partial charge in [0, 0.05) is 11.8 Å². The average molecular weight is 427 g/mol. The topological polar surface area (TPSA) is 89.3 Å². The summed E-state index contributed by atoms with van der Waals surface area (Å²) in [6.45, 7) is 4.10. The summed E-state index contributed by atoms with van der Waals surface area (Å²) in [6, 6.07) is 17.7. The predicted octanol–water partition coefficient (Wildman–Crippen LogP) is 3.74. The van der Waals surface area contributed by atoms with Crippen molar-refractivity contribution in [3.8, 4) is 0 Å². The van der Waals surface area contributed by atoms with E-state index in [0.29, 0.717) is 12.8 Å². The van der Waals surface area contributed by atoms with E-state index < -0.39 is 27.5 Å². The molecule has 160 valence electrons. The third-order valence-electron chi connectivity index (χ3n) is 7.58. The van der Waals surface area contributed by atoms with Gasteiger partial charge in [-0.25, -0.2) is 13.1 Å². The summed E-state index contributed by atoms with van der Waals surface area (Å²) in [4.78, 5) is 12.8. The molecule has 2 aliphatic carbocycles. The van der Waals surface area contributed by atoms with Crippen LogP contribution in [0.3, 0.4) is 0 Å². The molecule has 2 bridgehead atoms. The standard InChI is InChI=1S/C24H30N2O3S/c1-23(2)19-13-14-24(23,20(27)15-19)16-30(28,29)26-22(18-11-7-4-8-12-18)21(25)17-9-5-3-6-10-17/h3-12,19,21-22,26H,13-16,25H2,1-2H3/t19?,21?,22?,24-/m1/s1. The smallest absolute Gasteiger partial charge is 0.213 e. The van der Waals surface area contributed by atoms with Crippen molar-refractivity contribution in [3.05, 3.63) is 71.8 Å². The molecule has 30 heavy (non-hydrogen) atoms. The number of nitrogens with one attached hydrogen (secondary N) is 1. The molecule has 2 fully saturated rings. The van der Waals surface area contributed by atoms with Gasteiger partial charge in [0.1, 0.15) is 5.78 Å². The summed E-state index contributed by atoms with van der Waals surface area (Å²) >= 11 is 0. The molecule has 4 rings (SSSR count). The molecular weight excluding hydrogens is 396 g/mol. The summed E-state index contributed by atoms with van der Waals surface area (Å²) in [6.07, 6.45) is 2.05. The Morgan fingerprint density at radius 1 is 1.03 bits per heavy atom. The van der Waals surface area contributed by atoms with Gasteiger partial charge in [0.25, 0.3) is 0 Å². The number of hydrogen-bond acceptors (Lipinski definition) is 4. The Hall–Kier alpha value is -2.02. The van der Waals surface area contributed by atoms with Gasteiger partial charge in [0.15, 0.2) is 0 Å². The lowest BCUT2D eigenvalue weighted by Crippen LogP contribution is -2.47. The van der Waals surface area contributed by atoms with E-state index in [-0.39, 0.29) is 22.9 Å². The Morgan fingerprint density at radius 2 is 1.60 bits per heavy atom. The van der Waals surface area contributed by atoms with E-state index in [0.717, 1.165) is 17.5 Å². The molecule has 0 heterocycles. The minimum atomic E-state index is -3.76. The Bertz CT molecular complexity index is 1020. The maximum absolute atomic E-state index is 13.4. The minimum absolute atomic E-state index is 0.0951. The van der Waals surface area contributed by atoms with Gasteiger partial charge in [0.2, 0.25) is 10.0 Å². The first-order chi connectivity index (χ1) is 14.2. The first-order valence-electron chi connectivity index (χ1n) is 10.6. The van der Waals surface area contributed by atoms with Gasteiger partial charge in [-0.3, -0.25) is 4.79 Å². The molecule has 6 heteroatoms. The fraction of sp³-hybridized carbons (Fsp3) is 0.458. The highest BCUT2D eigenvalue weighted by Gasteiger charge is 2.65. The van der Waals surface area contributed by atoms with Crippen LogP contribution in [0.4, 0.5) is 0 Å². The number of sulfonamides is 1. The van der Waals surface area contributed by atoms with E-state index in [1.165, 1.54) is 0 Å².